The summed E-state index contributed by atoms with van der Waals surface area (Å²) >= 11 is 3.76. The summed E-state index contributed by atoms with van der Waals surface area (Å²) in [6, 6.07) is 26.5. The fraction of sp³-hybridized carbons (Fsp3) is 0.273. The van der Waals surface area contributed by atoms with Crippen molar-refractivity contribution in [1.82, 2.24) is 0 Å². The molecule has 18 heteroatoms. The summed E-state index contributed by atoms with van der Waals surface area (Å²) in [6.45, 7) is 7.33. The van der Waals surface area contributed by atoms with Crippen LogP contribution in [0.25, 0.3) is 10.9 Å². The molecule has 0 radical (unpaired) electrons. The Labute approximate surface area is 433 Å². The van der Waals surface area contributed by atoms with Crippen molar-refractivity contribution in [1.29, 1.82) is 5.26 Å². The van der Waals surface area contributed by atoms with Crippen LogP contribution in [0.4, 0.5) is 5.69 Å². The van der Waals surface area contributed by atoms with Crippen molar-refractivity contribution >= 4 is 82.2 Å². The number of nitriles is 1. The summed E-state index contributed by atoms with van der Waals surface area (Å²) < 4.78 is 34.3. The molecular weight excluding hydrogens is 991 g/mol. The van der Waals surface area contributed by atoms with Crippen LogP contribution in [-0.2, 0) is 19.2 Å². The lowest BCUT2D eigenvalue weighted by Crippen LogP contribution is -2.30. The molecule has 4 aromatic carbocycles. The first kappa shape index (κ1) is 51.7. The zero-order valence-corrected chi connectivity index (χ0v) is 42.3. The van der Waals surface area contributed by atoms with E-state index in [0.717, 1.165) is 0 Å². The van der Waals surface area contributed by atoms with Crippen molar-refractivity contribution < 1.29 is 57.2 Å². The molecule has 1 aliphatic heterocycles. The predicted octanol–water partition coefficient (Wildman–Crippen LogP) is 11.4. The van der Waals surface area contributed by atoms with E-state index in [-0.39, 0.29) is 23.1 Å². The number of ketones is 1. The van der Waals surface area contributed by atoms with Crippen molar-refractivity contribution in [3.8, 4) is 40.6 Å². The third kappa shape index (κ3) is 12.3. The topological polar surface area (TPSA) is 189 Å². The number of fused-ring (bicyclic) bond motifs is 1. The molecule has 1 aromatic heterocycles. The number of amides is 1. The van der Waals surface area contributed by atoms with Gasteiger partial charge in [-0.05, 0) is 154 Å². The van der Waals surface area contributed by atoms with Gasteiger partial charge in [0.15, 0.2) is 5.78 Å². The number of thiophene rings is 1. The minimum atomic E-state index is -0.432. The van der Waals surface area contributed by atoms with Crippen LogP contribution in [0.5, 0.6) is 34.5 Å². The second-order valence-electron chi connectivity index (χ2n) is 17.2. The molecule has 2 aliphatic carbocycles. The summed E-state index contributed by atoms with van der Waals surface area (Å²) in [6.07, 6.45) is 6.43. The maximum Gasteiger partial charge on any atom is 0.314 e. The number of ether oxygens (including phenoxy) is 6. The van der Waals surface area contributed by atoms with Gasteiger partial charge in [-0.3, -0.25) is 28.8 Å². The summed E-state index contributed by atoms with van der Waals surface area (Å²) in [7, 11) is 4.65. The van der Waals surface area contributed by atoms with Crippen LogP contribution in [0.3, 0.4) is 0 Å². The standard InChI is InChI=1S/C55H47N3O12S3/c1-57-42(31-56)55-72-48-45(66-4)27-28-46(49(48)73-55)70-54(64)36-13-9-34(10-14-36)52(62)68-40-22-18-38(19-23-40)58(2)50(60)32-15-20-39(21-16-32)67-51(61)33-7-11-35(12-8-33)53(63)69-44-26-24-41(65-3)30-37(44)17-25-43(59)47-6-5-29-71-47/h5-6,15-30,33-36H,7-14H2,2-4H3/b25-17+,55-42-. The normalized spacial score (nSPS) is 18.8. The van der Waals surface area contributed by atoms with Gasteiger partial charge >= 0.3 is 23.9 Å². The molecule has 0 spiro atoms. The molecule has 15 nitrogen and oxygen atoms in total. The molecule has 0 saturated heterocycles. The Hall–Kier alpha value is -7.64. The van der Waals surface area contributed by atoms with Crippen LogP contribution in [0.15, 0.2) is 122 Å². The van der Waals surface area contributed by atoms with Crippen LogP contribution >= 0.6 is 34.9 Å². The zero-order chi connectivity index (χ0) is 51.6. The number of carbonyl (C=O) groups excluding carboxylic acids is 6. The highest BCUT2D eigenvalue weighted by Gasteiger charge is 2.35. The van der Waals surface area contributed by atoms with Gasteiger partial charge in [0.05, 0.1) is 69.4 Å². The molecule has 5 aromatic rings. The third-order valence-corrected chi connectivity index (χ3v) is 16.2. The monoisotopic (exact) mass is 1040 g/mol. The van der Waals surface area contributed by atoms with E-state index in [1.165, 1.54) is 60.1 Å². The first-order chi connectivity index (χ1) is 35.3. The van der Waals surface area contributed by atoms with Crippen LogP contribution in [0.1, 0.15) is 77.0 Å². The molecule has 8 rings (SSSR count). The summed E-state index contributed by atoms with van der Waals surface area (Å²) in [5, 5.41) is 11.2. The van der Waals surface area contributed by atoms with E-state index in [4.69, 9.17) is 35.0 Å². The van der Waals surface area contributed by atoms with E-state index < -0.39 is 47.5 Å². The van der Waals surface area contributed by atoms with Gasteiger partial charge in [0.25, 0.3) is 11.6 Å². The Morgan fingerprint density at radius 1 is 0.644 bits per heavy atom. The van der Waals surface area contributed by atoms with E-state index >= 15 is 0 Å². The largest absolute Gasteiger partial charge is 0.497 e. The maximum absolute atomic E-state index is 13.5. The number of allylic oxidation sites excluding steroid dienone is 2. The summed E-state index contributed by atoms with van der Waals surface area (Å²) in [5.41, 5.74) is 1.36. The summed E-state index contributed by atoms with van der Waals surface area (Å²) in [4.78, 5) is 85.7. The average Bonchev–Trinajstić information content (AvgIpc) is 4.14. The predicted molar refractivity (Wildman–Crippen MR) is 274 cm³/mol. The number of anilines is 1. The number of hydrogen-bond acceptors (Lipinski definition) is 16. The molecule has 0 N–H and O–H groups in total. The molecule has 0 bridgehead atoms. The molecule has 0 unspecified atom stereocenters. The van der Waals surface area contributed by atoms with Gasteiger partial charge in [0.1, 0.15) is 34.5 Å². The maximum atomic E-state index is 13.5. The molecule has 1 amide bonds. The van der Waals surface area contributed by atoms with Crippen molar-refractivity contribution in [3.05, 3.63) is 140 Å². The van der Waals surface area contributed by atoms with Crippen molar-refractivity contribution in [2.24, 2.45) is 23.7 Å². The number of nitrogens with zero attached hydrogens (tertiary/aromatic N) is 3. The molecule has 2 saturated carbocycles. The number of hydrogen-bond donors (Lipinski definition) is 0. The molecule has 2 heterocycles. The van der Waals surface area contributed by atoms with E-state index in [1.807, 2.05) is 11.4 Å². The lowest BCUT2D eigenvalue weighted by molar-refractivity contribution is -0.145. The fourth-order valence-electron chi connectivity index (χ4n) is 8.55. The van der Waals surface area contributed by atoms with E-state index in [0.29, 0.717) is 116 Å². The highest BCUT2D eigenvalue weighted by atomic mass is 32.2. The smallest absolute Gasteiger partial charge is 0.314 e. The van der Waals surface area contributed by atoms with Gasteiger partial charge in [-0.25, -0.2) is 10.1 Å². The number of esters is 4. The van der Waals surface area contributed by atoms with Crippen molar-refractivity contribution in [2.75, 3.05) is 26.2 Å². The van der Waals surface area contributed by atoms with E-state index in [1.54, 1.807) is 104 Å². The Bertz CT molecular complexity index is 3050. The van der Waals surface area contributed by atoms with Gasteiger partial charge in [0, 0.05) is 23.9 Å². The van der Waals surface area contributed by atoms with Crippen molar-refractivity contribution in [3.63, 3.8) is 0 Å². The quantitative estimate of drug-likeness (QED) is 0.0240. The lowest BCUT2D eigenvalue weighted by atomic mass is 9.82. The Balaban J connectivity index is 0.768. The van der Waals surface area contributed by atoms with Gasteiger partial charge in [-0.15, -0.1) is 11.3 Å². The lowest BCUT2D eigenvalue weighted by Gasteiger charge is -2.26. The van der Waals surface area contributed by atoms with Gasteiger partial charge in [-0.2, -0.15) is 0 Å². The second kappa shape index (κ2) is 23.7. The van der Waals surface area contributed by atoms with Crippen LogP contribution in [0, 0.1) is 41.6 Å². The average molecular weight is 1040 g/mol. The number of rotatable bonds is 15. The highest BCUT2D eigenvalue weighted by molar-refractivity contribution is 8.24. The van der Waals surface area contributed by atoms with Gasteiger partial charge in [0.2, 0.25) is 0 Å². The Kier molecular flexibility index (Phi) is 16.8. The Morgan fingerprint density at radius 3 is 1.64 bits per heavy atom. The van der Waals surface area contributed by atoms with Crippen LogP contribution in [0.2, 0.25) is 0 Å². The minimum Gasteiger partial charge on any atom is -0.497 e. The van der Waals surface area contributed by atoms with Crippen molar-refractivity contribution in [2.45, 2.75) is 61.2 Å². The molecule has 372 valence electrons. The van der Waals surface area contributed by atoms with Gasteiger partial charge < -0.3 is 33.3 Å². The van der Waals surface area contributed by atoms with Gasteiger partial charge in [-0.1, -0.05) is 29.6 Å². The SMILES string of the molecule is [C-]#[N+]/C(C#N)=C1/Sc2c(OC)ccc(OC(=O)C3CCC(C(=O)Oc4ccc(N(C)C(=O)c5ccc(OC(=O)C6CCC(C(=O)Oc7ccc(OC)cc7/C=C/C(=O)c7cccs7)CC6)cc5)cc4)CC3)c2S1. The number of benzene rings is 4. The van der Waals surface area contributed by atoms with E-state index in [2.05, 4.69) is 4.85 Å². The number of methoxy groups -OCH3 is 2. The molecular formula is C55H47N3O12S3. The molecule has 73 heavy (non-hydrogen) atoms. The first-order valence-corrected chi connectivity index (χ1v) is 25.7. The molecule has 0 atom stereocenters. The Morgan fingerprint density at radius 2 is 1.14 bits per heavy atom. The van der Waals surface area contributed by atoms with E-state index in [9.17, 15) is 34.0 Å². The number of thioether (sulfide) groups is 2. The van der Waals surface area contributed by atoms with Crippen LogP contribution < -0.4 is 33.3 Å². The zero-order valence-electron chi connectivity index (χ0n) is 39.8. The molecule has 2 fully saturated rings. The summed E-state index contributed by atoms with van der Waals surface area (Å²) in [5.74, 6) is -1.61. The number of carbonyl (C=O) groups is 6. The third-order valence-electron chi connectivity index (χ3n) is 12.7. The second-order valence-corrected chi connectivity index (χ2v) is 20.5. The fourth-order valence-corrected chi connectivity index (χ4v) is 11.7. The van der Waals surface area contributed by atoms with Crippen LogP contribution in [-0.4, -0.2) is 56.8 Å². The minimum absolute atomic E-state index is 0.0497. The first-order valence-electron chi connectivity index (χ1n) is 23.2. The molecule has 3 aliphatic rings. The highest BCUT2D eigenvalue weighted by Crippen LogP contribution is 2.59.